The second kappa shape index (κ2) is 8.43. The summed E-state index contributed by atoms with van der Waals surface area (Å²) >= 11 is 0. The predicted molar refractivity (Wildman–Crippen MR) is 90.8 cm³/mol. The molecular formula is C19H22F2N2O. The van der Waals surface area contributed by atoms with Gasteiger partial charge in [-0.2, -0.15) is 0 Å². The monoisotopic (exact) mass is 332 g/mol. The Labute approximate surface area is 141 Å². The number of benzene rings is 2. The second-order valence-electron chi connectivity index (χ2n) is 6.13. The molecule has 0 aliphatic carbocycles. The molecule has 0 fully saturated rings. The fraction of sp³-hybridized carbons (Fsp3) is 0.316. The fourth-order valence-corrected chi connectivity index (χ4v) is 2.47. The zero-order valence-electron chi connectivity index (χ0n) is 13.9. The molecule has 24 heavy (non-hydrogen) atoms. The molecule has 3 nitrogen and oxygen atoms in total. The van der Waals surface area contributed by atoms with Crippen molar-refractivity contribution in [2.45, 2.75) is 38.8 Å². The quantitative estimate of drug-likeness (QED) is 0.829. The summed E-state index contributed by atoms with van der Waals surface area (Å²) in [6.07, 6.45) is 1.12. The van der Waals surface area contributed by atoms with Crippen LogP contribution in [0.3, 0.4) is 0 Å². The molecule has 2 amide bonds. The average molecular weight is 332 g/mol. The van der Waals surface area contributed by atoms with Crippen molar-refractivity contribution in [3.05, 3.63) is 71.3 Å². The van der Waals surface area contributed by atoms with E-state index in [9.17, 15) is 13.6 Å². The van der Waals surface area contributed by atoms with Crippen LogP contribution < -0.4 is 10.6 Å². The van der Waals surface area contributed by atoms with Gasteiger partial charge in [0.15, 0.2) is 0 Å². The van der Waals surface area contributed by atoms with E-state index in [1.807, 2.05) is 13.8 Å². The molecule has 2 aromatic rings. The zero-order chi connectivity index (χ0) is 17.5. The first-order valence-electron chi connectivity index (χ1n) is 7.98. The Morgan fingerprint density at radius 2 is 1.25 bits per heavy atom. The topological polar surface area (TPSA) is 41.1 Å². The summed E-state index contributed by atoms with van der Waals surface area (Å²) in [7, 11) is 0. The summed E-state index contributed by atoms with van der Waals surface area (Å²) in [6.45, 7) is 3.77. The van der Waals surface area contributed by atoms with Crippen molar-refractivity contribution in [1.82, 2.24) is 10.6 Å². The normalized spacial score (nSPS) is 10.9. The van der Waals surface area contributed by atoms with Gasteiger partial charge >= 0.3 is 6.03 Å². The minimum Gasteiger partial charge on any atom is -0.336 e. The third-order valence-corrected chi connectivity index (χ3v) is 3.55. The Hall–Kier alpha value is -2.43. The molecule has 2 aromatic carbocycles. The van der Waals surface area contributed by atoms with E-state index in [0.29, 0.717) is 12.8 Å². The molecule has 2 rings (SSSR count). The second-order valence-corrected chi connectivity index (χ2v) is 6.13. The fourth-order valence-electron chi connectivity index (χ4n) is 2.47. The van der Waals surface area contributed by atoms with E-state index < -0.39 is 0 Å². The summed E-state index contributed by atoms with van der Waals surface area (Å²) in [6, 6.07) is 12.0. The molecule has 0 saturated carbocycles. The van der Waals surface area contributed by atoms with Crippen LogP contribution in [0.4, 0.5) is 13.6 Å². The van der Waals surface area contributed by atoms with Crippen LogP contribution in [0.5, 0.6) is 0 Å². The van der Waals surface area contributed by atoms with E-state index in [1.165, 1.54) is 24.3 Å². The van der Waals surface area contributed by atoms with E-state index in [0.717, 1.165) is 11.1 Å². The number of hydrogen-bond donors (Lipinski definition) is 2. The number of halogens is 2. The van der Waals surface area contributed by atoms with Crippen LogP contribution in [-0.2, 0) is 12.8 Å². The summed E-state index contributed by atoms with van der Waals surface area (Å²) in [5, 5.41) is 5.73. The Kier molecular flexibility index (Phi) is 6.29. The number of rotatable bonds is 6. The van der Waals surface area contributed by atoms with Gasteiger partial charge in [0.05, 0.1) is 0 Å². The molecule has 2 N–H and O–H groups in total. The van der Waals surface area contributed by atoms with Gasteiger partial charge in [0.1, 0.15) is 11.6 Å². The molecule has 0 spiro atoms. The van der Waals surface area contributed by atoms with Gasteiger partial charge in [-0.25, -0.2) is 13.6 Å². The van der Waals surface area contributed by atoms with Crippen LogP contribution in [0, 0.1) is 11.6 Å². The van der Waals surface area contributed by atoms with E-state index in [4.69, 9.17) is 0 Å². The molecule has 0 aliphatic rings. The van der Waals surface area contributed by atoms with E-state index in [2.05, 4.69) is 10.6 Å². The van der Waals surface area contributed by atoms with Crippen molar-refractivity contribution in [1.29, 1.82) is 0 Å². The van der Waals surface area contributed by atoms with Gasteiger partial charge in [-0.15, -0.1) is 0 Å². The molecule has 0 saturated heterocycles. The molecule has 0 unspecified atom stereocenters. The number of carbonyl (C=O) groups excluding carboxylic acids is 1. The molecule has 0 radical (unpaired) electrons. The first-order valence-corrected chi connectivity index (χ1v) is 7.98. The molecule has 0 atom stereocenters. The van der Waals surface area contributed by atoms with Crippen molar-refractivity contribution < 1.29 is 13.6 Å². The average Bonchev–Trinajstić information content (AvgIpc) is 2.51. The number of urea groups is 1. The first-order chi connectivity index (χ1) is 11.4. The summed E-state index contributed by atoms with van der Waals surface area (Å²) < 4.78 is 26.1. The molecule has 128 valence electrons. The lowest BCUT2D eigenvalue weighted by Gasteiger charge is -2.20. The number of nitrogens with one attached hydrogen (secondary N) is 2. The Balaban J connectivity index is 2.08. The number of carbonyl (C=O) groups is 1. The Bertz CT molecular complexity index is 607. The minimum atomic E-state index is -0.292. The standard InChI is InChI=1S/C19H22F2N2O/c1-13(2)22-19(24)23-18(11-14-3-7-16(20)8-4-14)12-15-5-9-17(21)10-6-15/h3-10,13,18H,11-12H2,1-2H3,(H2,22,23,24). The van der Waals surface area contributed by atoms with Crippen LogP contribution in [-0.4, -0.2) is 18.1 Å². The highest BCUT2D eigenvalue weighted by molar-refractivity contribution is 5.74. The lowest BCUT2D eigenvalue weighted by Crippen LogP contribution is -2.46. The molecule has 0 aliphatic heterocycles. The molecular weight excluding hydrogens is 310 g/mol. The molecule has 0 aromatic heterocycles. The minimum absolute atomic E-state index is 0.0299. The van der Waals surface area contributed by atoms with Crippen molar-refractivity contribution in [2.24, 2.45) is 0 Å². The summed E-state index contributed by atoms with van der Waals surface area (Å²) in [5.41, 5.74) is 1.85. The third kappa shape index (κ3) is 5.99. The highest BCUT2D eigenvalue weighted by Gasteiger charge is 2.15. The maximum atomic E-state index is 13.0. The van der Waals surface area contributed by atoms with Crippen molar-refractivity contribution in [2.75, 3.05) is 0 Å². The molecule has 0 bridgehead atoms. The predicted octanol–water partition coefficient (Wildman–Crippen LogP) is 3.83. The Morgan fingerprint density at radius 3 is 1.62 bits per heavy atom. The zero-order valence-corrected chi connectivity index (χ0v) is 13.9. The molecule has 5 heteroatoms. The highest BCUT2D eigenvalue weighted by Crippen LogP contribution is 2.11. The van der Waals surface area contributed by atoms with Crippen molar-refractivity contribution in [3.8, 4) is 0 Å². The first kappa shape index (κ1) is 17.9. The van der Waals surface area contributed by atoms with Crippen LogP contribution in [0.1, 0.15) is 25.0 Å². The largest absolute Gasteiger partial charge is 0.336 e. The third-order valence-electron chi connectivity index (χ3n) is 3.55. The van der Waals surface area contributed by atoms with Gasteiger partial charge < -0.3 is 10.6 Å². The van der Waals surface area contributed by atoms with Crippen LogP contribution >= 0.6 is 0 Å². The van der Waals surface area contributed by atoms with E-state index in [1.54, 1.807) is 24.3 Å². The highest BCUT2D eigenvalue weighted by atomic mass is 19.1. The Morgan fingerprint density at radius 1 is 0.833 bits per heavy atom. The number of amides is 2. The lowest BCUT2D eigenvalue weighted by atomic mass is 9.99. The van der Waals surface area contributed by atoms with Crippen molar-refractivity contribution in [3.63, 3.8) is 0 Å². The van der Waals surface area contributed by atoms with E-state index >= 15 is 0 Å². The maximum Gasteiger partial charge on any atom is 0.315 e. The van der Waals surface area contributed by atoms with Gasteiger partial charge in [-0.3, -0.25) is 0 Å². The van der Waals surface area contributed by atoms with Crippen LogP contribution in [0.25, 0.3) is 0 Å². The van der Waals surface area contributed by atoms with Crippen LogP contribution in [0.2, 0.25) is 0 Å². The van der Waals surface area contributed by atoms with Crippen LogP contribution in [0.15, 0.2) is 48.5 Å². The smallest absolute Gasteiger partial charge is 0.315 e. The summed E-state index contributed by atoms with van der Waals surface area (Å²) in [5.74, 6) is -0.585. The van der Waals surface area contributed by atoms with Crippen molar-refractivity contribution >= 4 is 6.03 Å². The van der Waals surface area contributed by atoms with Gasteiger partial charge in [-0.05, 0) is 62.1 Å². The maximum absolute atomic E-state index is 13.0. The van der Waals surface area contributed by atoms with Gasteiger partial charge in [0, 0.05) is 12.1 Å². The van der Waals surface area contributed by atoms with Gasteiger partial charge in [0.2, 0.25) is 0 Å². The molecule has 0 heterocycles. The lowest BCUT2D eigenvalue weighted by molar-refractivity contribution is 0.234. The summed E-state index contributed by atoms with van der Waals surface area (Å²) in [4.78, 5) is 12.0. The van der Waals surface area contributed by atoms with Gasteiger partial charge in [0.25, 0.3) is 0 Å². The SMILES string of the molecule is CC(C)NC(=O)NC(Cc1ccc(F)cc1)Cc1ccc(F)cc1. The van der Waals surface area contributed by atoms with Gasteiger partial charge in [-0.1, -0.05) is 24.3 Å². The van der Waals surface area contributed by atoms with E-state index in [-0.39, 0.29) is 29.7 Å². The number of hydrogen-bond acceptors (Lipinski definition) is 1.